The van der Waals surface area contributed by atoms with Crippen molar-refractivity contribution < 1.29 is 18.3 Å². The highest BCUT2D eigenvalue weighted by Crippen LogP contribution is 2.22. The normalized spacial score (nSPS) is 10.5. The molecule has 0 aliphatic heterocycles. The van der Waals surface area contributed by atoms with Crippen molar-refractivity contribution in [3.8, 4) is 11.5 Å². The van der Waals surface area contributed by atoms with Crippen LogP contribution in [0.4, 0.5) is 4.39 Å². The summed E-state index contributed by atoms with van der Waals surface area (Å²) in [7, 11) is 0. The molecule has 0 amide bonds. The fourth-order valence-corrected chi connectivity index (χ4v) is 1.65. The molecule has 0 aliphatic carbocycles. The average molecular weight is 263 g/mol. The van der Waals surface area contributed by atoms with Crippen molar-refractivity contribution in [1.82, 2.24) is 4.98 Å². The fourth-order valence-electron chi connectivity index (χ4n) is 1.65. The molecule has 0 bridgehead atoms. The number of aryl methyl sites for hydroxylation is 1. The third-order valence-electron chi connectivity index (χ3n) is 2.59. The Morgan fingerprint density at radius 3 is 2.68 bits per heavy atom. The summed E-state index contributed by atoms with van der Waals surface area (Å²) >= 11 is 0. The summed E-state index contributed by atoms with van der Waals surface area (Å²) in [4.78, 5) is 15.6. The van der Waals surface area contributed by atoms with Gasteiger partial charge in [-0.2, -0.15) is 0 Å². The predicted octanol–water partition coefficient (Wildman–Crippen LogP) is 2.89. The Kier molecular flexibility index (Phi) is 3.94. The van der Waals surface area contributed by atoms with Gasteiger partial charge in [0.15, 0.2) is 0 Å². The SMILES string of the molecule is CCOC(=O)Cc1oc(-c2ccc(F)cc2)nc1C. The number of benzene rings is 1. The molecule has 0 radical (unpaired) electrons. The lowest BCUT2D eigenvalue weighted by atomic mass is 10.2. The lowest BCUT2D eigenvalue weighted by molar-refractivity contribution is -0.142. The monoisotopic (exact) mass is 263 g/mol. The number of aromatic nitrogens is 1. The first kappa shape index (κ1) is 13.3. The maximum atomic E-state index is 12.8. The molecule has 0 atom stereocenters. The summed E-state index contributed by atoms with van der Waals surface area (Å²) in [5.74, 6) is 0.167. The van der Waals surface area contributed by atoms with Gasteiger partial charge in [0.1, 0.15) is 18.0 Å². The molecule has 2 rings (SSSR count). The van der Waals surface area contributed by atoms with Crippen molar-refractivity contribution in [3.05, 3.63) is 41.5 Å². The van der Waals surface area contributed by atoms with E-state index in [0.29, 0.717) is 29.5 Å². The van der Waals surface area contributed by atoms with E-state index in [1.165, 1.54) is 12.1 Å². The summed E-state index contributed by atoms with van der Waals surface area (Å²) in [5.41, 5.74) is 1.30. The minimum absolute atomic E-state index is 0.0495. The molecule has 1 aromatic heterocycles. The van der Waals surface area contributed by atoms with Crippen LogP contribution in [0.5, 0.6) is 0 Å². The number of carbonyl (C=O) groups excluding carboxylic acids is 1. The number of halogens is 1. The molecule has 0 saturated heterocycles. The van der Waals surface area contributed by atoms with Gasteiger partial charge in [-0.3, -0.25) is 4.79 Å². The predicted molar refractivity (Wildman–Crippen MR) is 67.0 cm³/mol. The molecule has 5 heteroatoms. The zero-order valence-electron chi connectivity index (χ0n) is 10.8. The van der Waals surface area contributed by atoms with Gasteiger partial charge in [0.05, 0.1) is 12.3 Å². The van der Waals surface area contributed by atoms with Crippen LogP contribution in [-0.4, -0.2) is 17.6 Å². The Morgan fingerprint density at radius 1 is 1.37 bits per heavy atom. The number of nitrogens with zero attached hydrogens (tertiary/aromatic N) is 1. The smallest absolute Gasteiger partial charge is 0.313 e. The van der Waals surface area contributed by atoms with E-state index in [9.17, 15) is 9.18 Å². The molecule has 1 aromatic carbocycles. The first-order valence-corrected chi connectivity index (χ1v) is 5.98. The van der Waals surface area contributed by atoms with Crippen molar-refractivity contribution in [3.63, 3.8) is 0 Å². The molecule has 0 saturated carbocycles. The summed E-state index contributed by atoms with van der Waals surface area (Å²) in [6, 6.07) is 5.82. The number of hydrogen-bond acceptors (Lipinski definition) is 4. The van der Waals surface area contributed by atoms with E-state index in [2.05, 4.69) is 4.98 Å². The highest BCUT2D eigenvalue weighted by Gasteiger charge is 2.15. The lowest BCUT2D eigenvalue weighted by Crippen LogP contribution is -2.07. The van der Waals surface area contributed by atoms with Crippen LogP contribution in [0, 0.1) is 12.7 Å². The van der Waals surface area contributed by atoms with Crippen molar-refractivity contribution in [2.24, 2.45) is 0 Å². The molecular formula is C14H14FNO3. The lowest BCUT2D eigenvalue weighted by Gasteiger charge is -1.99. The van der Waals surface area contributed by atoms with Gasteiger partial charge in [-0.1, -0.05) is 0 Å². The van der Waals surface area contributed by atoms with Crippen LogP contribution in [0.15, 0.2) is 28.7 Å². The van der Waals surface area contributed by atoms with Gasteiger partial charge >= 0.3 is 5.97 Å². The van der Waals surface area contributed by atoms with Gasteiger partial charge < -0.3 is 9.15 Å². The van der Waals surface area contributed by atoms with E-state index in [-0.39, 0.29) is 18.2 Å². The Labute approximate surface area is 110 Å². The molecule has 0 fully saturated rings. The second kappa shape index (κ2) is 5.65. The molecule has 0 spiro atoms. The maximum absolute atomic E-state index is 12.8. The molecule has 2 aromatic rings. The van der Waals surface area contributed by atoms with E-state index < -0.39 is 0 Å². The van der Waals surface area contributed by atoms with Gasteiger partial charge in [-0.15, -0.1) is 0 Å². The van der Waals surface area contributed by atoms with Gasteiger partial charge in [0.25, 0.3) is 0 Å². The number of oxazole rings is 1. The van der Waals surface area contributed by atoms with Gasteiger partial charge in [-0.25, -0.2) is 9.37 Å². The van der Waals surface area contributed by atoms with Gasteiger partial charge in [-0.05, 0) is 38.1 Å². The van der Waals surface area contributed by atoms with Crippen LogP contribution in [0.2, 0.25) is 0 Å². The minimum Gasteiger partial charge on any atom is -0.466 e. The largest absolute Gasteiger partial charge is 0.466 e. The van der Waals surface area contributed by atoms with Crippen molar-refractivity contribution in [2.75, 3.05) is 6.61 Å². The zero-order chi connectivity index (χ0) is 13.8. The Bertz CT molecular complexity index is 575. The third kappa shape index (κ3) is 3.19. The highest BCUT2D eigenvalue weighted by atomic mass is 19.1. The fraction of sp³-hybridized carbons (Fsp3) is 0.286. The summed E-state index contributed by atoms with van der Waals surface area (Å²) < 4.78 is 23.2. The van der Waals surface area contributed by atoms with Gasteiger partial charge in [0.2, 0.25) is 5.89 Å². The van der Waals surface area contributed by atoms with E-state index in [4.69, 9.17) is 9.15 Å². The Hall–Kier alpha value is -2.17. The first-order chi connectivity index (χ1) is 9.10. The van der Waals surface area contributed by atoms with Crippen molar-refractivity contribution in [1.29, 1.82) is 0 Å². The Morgan fingerprint density at radius 2 is 2.05 bits per heavy atom. The summed E-state index contributed by atoms with van der Waals surface area (Å²) in [5, 5.41) is 0. The number of carbonyl (C=O) groups is 1. The third-order valence-corrected chi connectivity index (χ3v) is 2.59. The van der Waals surface area contributed by atoms with Crippen molar-refractivity contribution >= 4 is 5.97 Å². The molecular weight excluding hydrogens is 249 g/mol. The minimum atomic E-state index is -0.354. The average Bonchev–Trinajstić information content (AvgIpc) is 2.72. The van der Waals surface area contributed by atoms with Gasteiger partial charge in [0, 0.05) is 5.56 Å². The van der Waals surface area contributed by atoms with Crippen molar-refractivity contribution in [2.45, 2.75) is 20.3 Å². The van der Waals surface area contributed by atoms with Crippen LogP contribution in [0.1, 0.15) is 18.4 Å². The van der Waals surface area contributed by atoms with Crippen LogP contribution in [0.3, 0.4) is 0 Å². The zero-order valence-corrected chi connectivity index (χ0v) is 10.8. The number of hydrogen-bond donors (Lipinski definition) is 0. The summed E-state index contributed by atoms with van der Waals surface area (Å²) in [6.07, 6.45) is 0.0495. The quantitative estimate of drug-likeness (QED) is 0.796. The molecule has 4 nitrogen and oxygen atoms in total. The van der Waals surface area contributed by atoms with E-state index in [0.717, 1.165) is 0 Å². The molecule has 100 valence electrons. The van der Waals surface area contributed by atoms with Crippen LogP contribution in [0.25, 0.3) is 11.5 Å². The standard InChI is InChI=1S/C14H14FNO3/c1-3-18-13(17)8-12-9(2)16-14(19-12)10-4-6-11(15)7-5-10/h4-7H,3,8H2,1-2H3. The van der Waals surface area contributed by atoms with Crippen LogP contribution in [-0.2, 0) is 16.0 Å². The summed E-state index contributed by atoms with van der Waals surface area (Å²) in [6.45, 7) is 3.83. The number of rotatable bonds is 4. The number of esters is 1. The molecule has 0 unspecified atom stereocenters. The molecule has 0 aliphatic rings. The molecule has 19 heavy (non-hydrogen) atoms. The van der Waals surface area contributed by atoms with E-state index in [1.807, 2.05) is 0 Å². The second-order valence-electron chi connectivity index (χ2n) is 4.02. The van der Waals surface area contributed by atoms with Crippen LogP contribution < -0.4 is 0 Å². The van der Waals surface area contributed by atoms with E-state index in [1.54, 1.807) is 26.0 Å². The van der Waals surface area contributed by atoms with E-state index >= 15 is 0 Å². The van der Waals surface area contributed by atoms with Crippen LogP contribution >= 0.6 is 0 Å². The second-order valence-corrected chi connectivity index (χ2v) is 4.02. The first-order valence-electron chi connectivity index (χ1n) is 5.98. The highest BCUT2D eigenvalue weighted by molar-refractivity contribution is 5.72. The molecule has 1 heterocycles. The Balaban J connectivity index is 2.21. The number of ether oxygens (including phenoxy) is 1. The topological polar surface area (TPSA) is 52.3 Å². The maximum Gasteiger partial charge on any atom is 0.313 e. The molecule has 0 N–H and O–H groups in total.